The zero-order valence-corrected chi connectivity index (χ0v) is 27.0. The predicted octanol–water partition coefficient (Wildman–Crippen LogP) is 5.33. The number of carbonyl (C=O) groups is 3. The quantitative estimate of drug-likeness (QED) is 0.227. The molecule has 1 aromatic rings. The molecule has 2 heterocycles. The number of carbonyl (C=O) groups excluding carboxylic acids is 3. The Hall–Kier alpha value is -2.77. The second-order valence-electron chi connectivity index (χ2n) is 13.0. The van der Waals surface area contributed by atoms with Crippen LogP contribution in [0.25, 0.3) is 0 Å². The molecule has 2 amide bonds. The Bertz CT molecular complexity index is 1350. The molecule has 13 heteroatoms. The first-order valence-electron chi connectivity index (χ1n) is 15.2. The number of nitrogens with one attached hydrogen (secondary N) is 1. The van der Waals surface area contributed by atoms with Crippen LogP contribution < -0.4 is 5.32 Å². The Morgan fingerprint density at radius 1 is 1.18 bits per heavy atom. The predicted molar refractivity (Wildman–Crippen MR) is 170 cm³/mol. The summed E-state index contributed by atoms with van der Waals surface area (Å²) in [7, 11) is 0. The number of nitrogens with zero attached hydrogens (tertiary/aromatic N) is 3. The van der Waals surface area contributed by atoms with E-state index in [1.807, 2.05) is 0 Å². The molecule has 0 spiro atoms. The molecule has 44 heavy (non-hydrogen) atoms. The van der Waals surface area contributed by atoms with Crippen molar-refractivity contribution in [1.29, 1.82) is 0 Å². The maximum Gasteiger partial charge on any atom is 0.329 e. The lowest BCUT2D eigenvalue weighted by molar-refractivity contribution is -0.165. The molecular formula is C31H40N4O7S2. The molecule has 11 nitrogen and oxygen atoms in total. The first-order valence-corrected chi connectivity index (χ1v) is 17.2. The van der Waals surface area contributed by atoms with Crippen LogP contribution >= 0.6 is 23.5 Å². The molecule has 2 bridgehead atoms. The molecule has 1 aromatic carbocycles. The van der Waals surface area contributed by atoms with Gasteiger partial charge >= 0.3 is 5.97 Å². The number of likely N-dealkylation sites (tertiary alicyclic amines) is 1. The third-order valence-corrected chi connectivity index (χ3v) is 13.0. The van der Waals surface area contributed by atoms with Gasteiger partial charge in [0.15, 0.2) is 0 Å². The lowest BCUT2D eigenvalue weighted by Crippen LogP contribution is -2.55. The Balaban J connectivity index is 1.27. The van der Waals surface area contributed by atoms with Gasteiger partial charge in [0.1, 0.15) is 35.7 Å². The summed E-state index contributed by atoms with van der Waals surface area (Å²) in [6.45, 7) is 7.11. The van der Waals surface area contributed by atoms with Crippen molar-refractivity contribution in [2.75, 3.05) is 18.1 Å². The van der Waals surface area contributed by atoms with Gasteiger partial charge in [0.25, 0.3) is 0 Å². The van der Waals surface area contributed by atoms with Crippen molar-refractivity contribution in [3.63, 3.8) is 0 Å². The van der Waals surface area contributed by atoms with E-state index < -0.39 is 24.1 Å². The van der Waals surface area contributed by atoms with Crippen LogP contribution in [0.1, 0.15) is 64.9 Å². The minimum absolute atomic E-state index is 0.0855. The number of thioether (sulfide) groups is 2. The van der Waals surface area contributed by atoms with Gasteiger partial charge in [0.2, 0.25) is 11.8 Å². The van der Waals surface area contributed by atoms with Gasteiger partial charge in [-0.3, -0.25) is 9.59 Å². The normalized spacial score (nSPS) is 28.3. The van der Waals surface area contributed by atoms with Crippen LogP contribution in [0.5, 0.6) is 0 Å². The molecule has 6 atom stereocenters. The van der Waals surface area contributed by atoms with Gasteiger partial charge in [0, 0.05) is 34.1 Å². The molecule has 2 aliphatic heterocycles. The summed E-state index contributed by atoms with van der Waals surface area (Å²) in [6.07, 6.45) is 5.29. The van der Waals surface area contributed by atoms with Crippen LogP contribution in [0.4, 0.5) is 11.4 Å². The molecule has 2 N–H and O–H groups in total. The summed E-state index contributed by atoms with van der Waals surface area (Å²) >= 11 is 3.15. The Kier molecular flexibility index (Phi) is 9.86. The molecule has 0 radical (unpaired) electrons. The molecule has 4 aliphatic rings. The van der Waals surface area contributed by atoms with E-state index in [4.69, 9.17) is 4.74 Å². The third-order valence-electron chi connectivity index (χ3n) is 10.4. The molecule has 2 aliphatic carbocycles. The number of hydrogen-bond acceptors (Lipinski definition) is 11. The molecule has 238 valence electrons. The van der Waals surface area contributed by atoms with E-state index in [1.54, 1.807) is 11.8 Å². The number of aliphatic hydroxyl groups excluding tert-OH is 1. The Morgan fingerprint density at radius 3 is 2.59 bits per heavy atom. The number of hydrogen-bond donors (Lipinski definition) is 2. The highest BCUT2D eigenvalue weighted by atomic mass is 32.2. The molecule has 3 fully saturated rings. The molecule has 5 rings (SSSR count). The number of benzene rings is 1. The number of esters is 1. The van der Waals surface area contributed by atoms with Gasteiger partial charge in [-0.05, 0) is 77.9 Å². The van der Waals surface area contributed by atoms with E-state index in [-0.39, 0.29) is 52.4 Å². The summed E-state index contributed by atoms with van der Waals surface area (Å²) < 4.78 is 7.23. The average Bonchev–Trinajstić information content (AvgIpc) is 3.78. The summed E-state index contributed by atoms with van der Waals surface area (Å²) in [5.74, 6) is 0.188. The maximum absolute atomic E-state index is 14.0. The fourth-order valence-corrected chi connectivity index (χ4v) is 9.52. The van der Waals surface area contributed by atoms with E-state index in [0.29, 0.717) is 30.9 Å². The summed E-state index contributed by atoms with van der Waals surface area (Å²) in [5.41, 5.74) is 0.0681. The van der Waals surface area contributed by atoms with Crippen LogP contribution in [-0.4, -0.2) is 70.1 Å². The van der Waals surface area contributed by atoms with Crippen LogP contribution in [0.3, 0.4) is 0 Å². The van der Waals surface area contributed by atoms with Crippen molar-refractivity contribution in [3.05, 3.63) is 43.9 Å². The topological polar surface area (TPSA) is 155 Å². The number of allylic oxidation sites excluding steroid dienone is 1. The Labute approximate surface area is 265 Å². The van der Waals surface area contributed by atoms with E-state index in [2.05, 4.69) is 42.5 Å². The van der Waals surface area contributed by atoms with Gasteiger partial charge in [-0.15, -0.1) is 33.3 Å². The van der Waals surface area contributed by atoms with Crippen LogP contribution in [0.2, 0.25) is 0 Å². The third kappa shape index (κ3) is 6.32. The zero-order valence-electron chi connectivity index (χ0n) is 25.3. The monoisotopic (exact) mass is 644 g/mol. The Morgan fingerprint density at radius 2 is 1.95 bits per heavy atom. The van der Waals surface area contributed by atoms with Gasteiger partial charge in [-0.1, -0.05) is 32.9 Å². The number of rotatable bonds is 12. The average molecular weight is 645 g/mol. The summed E-state index contributed by atoms with van der Waals surface area (Å²) in [6, 6.07) is 2.36. The van der Waals surface area contributed by atoms with Crippen molar-refractivity contribution < 1.29 is 24.2 Å². The number of ether oxygens (including phenoxy) is 1. The standard InChI is InChI=1S/C31H40N4O7S2/c1-30(2)19-10-11-31(30,3)25(16-19)42-29(39)23-6-4-12-35(23)28(38)22(17-44-26-7-5-13-43-26)32-27(37)24(36)15-18-8-9-20(33-40)21(14-18)34-41/h7-9,14,19,22-25,36H,4-6,10-13,15-17H2,1-3H3,(H,32,37). The highest BCUT2D eigenvalue weighted by Gasteiger charge is 2.63. The molecule has 6 unspecified atom stereocenters. The SMILES string of the molecule is CC1(C)C2CCC1(C)C(OC(=O)C1CCCN1C(=O)C(CSC1=CCCS1)NC(=O)C(O)Cc1ccc(N=O)c(N=O)c1)C2. The second kappa shape index (κ2) is 13.3. The lowest BCUT2D eigenvalue weighted by atomic mass is 9.70. The molecule has 1 saturated heterocycles. The zero-order chi connectivity index (χ0) is 31.6. The number of amides is 2. The van der Waals surface area contributed by atoms with Gasteiger partial charge in [-0.25, -0.2) is 4.79 Å². The molecular weight excluding hydrogens is 604 g/mol. The first kappa shape index (κ1) is 32.6. The van der Waals surface area contributed by atoms with E-state index in [0.717, 1.165) is 35.7 Å². The largest absolute Gasteiger partial charge is 0.460 e. The van der Waals surface area contributed by atoms with Crippen molar-refractivity contribution in [3.8, 4) is 0 Å². The van der Waals surface area contributed by atoms with Crippen molar-refractivity contribution in [2.24, 2.45) is 27.1 Å². The van der Waals surface area contributed by atoms with Crippen LogP contribution in [0.15, 0.2) is 38.9 Å². The van der Waals surface area contributed by atoms with Crippen LogP contribution in [-0.2, 0) is 25.5 Å². The van der Waals surface area contributed by atoms with E-state index in [9.17, 15) is 29.3 Å². The van der Waals surface area contributed by atoms with Crippen molar-refractivity contribution >= 4 is 52.7 Å². The van der Waals surface area contributed by atoms with E-state index >= 15 is 0 Å². The smallest absolute Gasteiger partial charge is 0.329 e. The summed E-state index contributed by atoms with van der Waals surface area (Å²) in [4.78, 5) is 64.1. The molecule has 0 aromatic heterocycles. The highest BCUT2D eigenvalue weighted by molar-refractivity contribution is 8.22. The van der Waals surface area contributed by atoms with Crippen molar-refractivity contribution in [1.82, 2.24) is 10.2 Å². The first-order chi connectivity index (χ1) is 21.0. The van der Waals surface area contributed by atoms with E-state index in [1.165, 1.54) is 34.9 Å². The summed E-state index contributed by atoms with van der Waals surface area (Å²) in [5, 5.41) is 19.0. The van der Waals surface area contributed by atoms with Crippen LogP contribution in [0, 0.1) is 26.6 Å². The fraction of sp³-hybridized carbons (Fsp3) is 0.645. The van der Waals surface area contributed by atoms with Gasteiger partial charge < -0.3 is 20.1 Å². The lowest BCUT2D eigenvalue weighted by Gasteiger charge is -2.39. The van der Waals surface area contributed by atoms with Gasteiger partial charge in [0.05, 0.1) is 0 Å². The van der Waals surface area contributed by atoms with Gasteiger partial charge in [-0.2, -0.15) is 0 Å². The van der Waals surface area contributed by atoms with Crippen molar-refractivity contribution in [2.45, 2.75) is 90.0 Å². The number of fused-ring (bicyclic) bond motifs is 2. The molecule has 2 saturated carbocycles. The minimum atomic E-state index is -1.54. The minimum Gasteiger partial charge on any atom is -0.460 e. The maximum atomic E-state index is 14.0. The highest BCUT2D eigenvalue weighted by Crippen LogP contribution is 2.66. The number of nitroso groups, excluding NO2 is 2. The number of aliphatic hydroxyl groups is 1. The second-order valence-corrected chi connectivity index (χ2v) is 15.4. The fourth-order valence-electron chi connectivity index (χ4n) is 7.27.